The number of hydrogen-bond acceptors (Lipinski definition) is 4. The maximum atomic E-state index is 12.2. The average Bonchev–Trinajstić information content (AvgIpc) is 3.32. The molecule has 1 heterocycles. The van der Waals surface area contributed by atoms with Gasteiger partial charge in [0.05, 0.1) is 18.7 Å². The summed E-state index contributed by atoms with van der Waals surface area (Å²) in [5, 5.41) is 18.3. The summed E-state index contributed by atoms with van der Waals surface area (Å²) in [5.41, 5.74) is 3.34. The number of allylic oxidation sites excluding steroid dienone is 6. The Hall–Kier alpha value is -3.94. The predicted molar refractivity (Wildman–Crippen MR) is 146 cm³/mol. The van der Waals surface area contributed by atoms with Crippen LogP contribution in [0.4, 0.5) is 0 Å². The molecule has 1 aromatic heterocycles. The Morgan fingerprint density at radius 2 is 1.64 bits per heavy atom. The van der Waals surface area contributed by atoms with Crippen molar-refractivity contribution < 1.29 is 19.5 Å². The molecule has 3 N–H and O–H groups in total. The van der Waals surface area contributed by atoms with Gasteiger partial charge in [-0.15, -0.1) is 0 Å². The van der Waals surface area contributed by atoms with Crippen LogP contribution in [0.2, 0.25) is 0 Å². The van der Waals surface area contributed by atoms with Crippen LogP contribution in [0.25, 0.3) is 5.57 Å². The van der Waals surface area contributed by atoms with Crippen LogP contribution in [0.3, 0.4) is 0 Å². The maximum absolute atomic E-state index is 12.2. The van der Waals surface area contributed by atoms with E-state index in [1.54, 1.807) is 29.9 Å². The lowest BCUT2D eigenvalue weighted by atomic mass is 10.1. The molecule has 0 aliphatic rings. The molecule has 2 aromatic rings. The number of nitrogens with one attached hydrogen (secondary N) is 2. The first-order chi connectivity index (χ1) is 17.4. The van der Waals surface area contributed by atoms with Crippen molar-refractivity contribution in [3.63, 3.8) is 0 Å². The Labute approximate surface area is 214 Å². The Balaban J connectivity index is 0.00000291. The molecule has 8 heteroatoms. The predicted octanol–water partition coefficient (Wildman–Crippen LogP) is 5.08. The van der Waals surface area contributed by atoms with E-state index in [1.807, 2.05) is 84.1 Å². The van der Waals surface area contributed by atoms with Gasteiger partial charge >= 0.3 is 5.97 Å². The van der Waals surface area contributed by atoms with Crippen LogP contribution in [-0.4, -0.2) is 46.3 Å². The number of rotatable bonds is 10. The fourth-order valence-electron chi connectivity index (χ4n) is 2.93. The number of aromatic nitrogens is 2. The molecule has 0 aliphatic carbocycles. The quantitative estimate of drug-likeness (QED) is 0.397. The largest absolute Gasteiger partial charge is 0.481 e. The van der Waals surface area contributed by atoms with Crippen molar-refractivity contribution in [2.24, 2.45) is 0 Å². The van der Waals surface area contributed by atoms with Crippen LogP contribution in [0.5, 0.6) is 0 Å². The van der Waals surface area contributed by atoms with Crippen molar-refractivity contribution >= 4 is 23.4 Å². The van der Waals surface area contributed by atoms with Gasteiger partial charge in [-0.3, -0.25) is 19.1 Å². The molecule has 1 aromatic carbocycles. The minimum atomic E-state index is -0.965. The molecule has 8 nitrogen and oxygen atoms in total. The van der Waals surface area contributed by atoms with E-state index in [2.05, 4.69) is 15.7 Å². The Morgan fingerprint density at radius 1 is 1.00 bits per heavy atom. The summed E-state index contributed by atoms with van der Waals surface area (Å²) in [7, 11) is 1.56. The minimum absolute atomic E-state index is 0.0705. The molecule has 36 heavy (non-hydrogen) atoms. The lowest BCUT2D eigenvalue weighted by molar-refractivity contribution is -0.136. The highest BCUT2D eigenvalue weighted by molar-refractivity contribution is 5.94. The molecular weight excluding hydrogens is 456 g/mol. The highest BCUT2D eigenvalue weighted by Gasteiger charge is 2.15. The minimum Gasteiger partial charge on any atom is -0.481 e. The molecular formula is C28H40N4O4. The standard InChI is InChI=1S/C24H28N4O4.2C2H6/c1-4-6-8-18(7-5-2)21-15-20(24(32)25-3)27-28(21)16-17-9-11-19(12-10-17)23(31)26-14-13-22(29)30;2*1-2/h4-12,15H,13-14,16H2,1-3H3,(H,25,32)(H,26,31)(H,29,30);2*1-2H3/b6-4-,7-5-,18-8+;;. The number of nitrogens with zero attached hydrogens (tertiary/aromatic N) is 2. The molecule has 0 spiro atoms. The van der Waals surface area contributed by atoms with Gasteiger partial charge in [-0.25, -0.2) is 0 Å². The van der Waals surface area contributed by atoms with E-state index >= 15 is 0 Å². The van der Waals surface area contributed by atoms with Gasteiger partial charge in [0.15, 0.2) is 5.69 Å². The summed E-state index contributed by atoms with van der Waals surface area (Å²) < 4.78 is 1.75. The number of aliphatic carboxylic acids is 1. The topological polar surface area (TPSA) is 113 Å². The average molecular weight is 497 g/mol. The summed E-state index contributed by atoms with van der Waals surface area (Å²) in [4.78, 5) is 34.9. The zero-order valence-corrected chi connectivity index (χ0v) is 22.5. The number of benzene rings is 1. The van der Waals surface area contributed by atoms with Gasteiger partial charge in [0, 0.05) is 19.2 Å². The van der Waals surface area contributed by atoms with Crippen LogP contribution in [0, 0.1) is 0 Å². The molecule has 0 atom stereocenters. The second-order valence-electron chi connectivity index (χ2n) is 6.90. The van der Waals surface area contributed by atoms with Crippen molar-refractivity contribution in [1.29, 1.82) is 0 Å². The molecule has 0 radical (unpaired) electrons. The molecule has 0 fully saturated rings. The SMILES string of the molecule is CC.CC.C\C=C/C=C(\C=C/C)c1cc(C(=O)NC)nn1Cc1ccc(C(=O)NCCC(=O)O)cc1. The van der Waals surface area contributed by atoms with E-state index in [4.69, 9.17) is 5.11 Å². The second kappa shape index (κ2) is 18.4. The van der Waals surface area contributed by atoms with Crippen molar-refractivity contribution in [1.82, 2.24) is 20.4 Å². The summed E-state index contributed by atoms with van der Waals surface area (Å²) >= 11 is 0. The lowest BCUT2D eigenvalue weighted by Crippen LogP contribution is -2.25. The van der Waals surface area contributed by atoms with Crippen LogP contribution < -0.4 is 10.6 Å². The third kappa shape index (κ3) is 10.5. The highest BCUT2D eigenvalue weighted by Crippen LogP contribution is 2.20. The van der Waals surface area contributed by atoms with Crippen LogP contribution in [-0.2, 0) is 11.3 Å². The number of carbonyl (C=O) groups is 3. The van der Waals surface area contributed by atoms with Crippen LogP contribution in [0.1, 0.15) is 80.1 Å². The molecule has 0 saturated heterocycles. The van der Waals surface area contributed by atoms with Gasteiger partial charge in [-0.05, 0) is 43.2 Å². The van der Waals surface area contributed by atoms with Crippen molar-refractivity contribution in [3.8, 4) is 0 Å². The van der Waals surface area contributed by atoms with Gasteiger partial charge in [0.1, 0.15) is 0 Å². The van der Waals surface area contributed by atoms with Gasteiger partial charge in [0.25, 0.3) is 11.8 Å². The van der Waals surface area contributed by atoms with E-state index in [0.29, 0.717) is 17.8 Å². The number of hydrogen-bond donors (Lipinski definition) is 3. The van der Waals surface area contributed by atoms with Crippen molar-refractivity contribution in [2.45, 2.75) is 54.5 Å². The normalized spacial score (nSPS) is 10.8. The Kier molecular flexibility index (Phi) is 16.4. The number of carboxylic acid groups (broad SMARTS) is 1. The number of carbonyl (C=O) groups excluding carboxylic acids is 2. The molecule has 0 unspecified atom stereocenters. The first-order valence-corrected chi connectivity index (χ1v) is 12.2. The summed E-state index contributed by atoms with van der Waals surface area (Å²) in [6, 6.07) is 8.72. The molecule has 2 amide bonds. The third-order valence-corrected chi connectivity index (χ3v) is 4.52. The first kappa shape index (κ1) is 32.1. The van der Waals surface area contributed by atoms with Crippen LogP contribution in [0.15, 0.2) is 60.7 Å². The summed E-state index contributed by atoms with van der Waals surface area (Å²) in [6.07, 6.45) is 9.53. The van der Waals surface area contributed by atoms with E-state index in [0.717, 1.165) is 16.8 Å². The number of amides is 2. The van der Waals surface area contributed by atoms with Crippen LogP contribution >= 0.6 is 0 Å². The summed E-state index contributed by atoms with van der Waals surface area (Å²) in [5.74, 6) is -1.57. The third-order valence-electron chi connectivity index (χ3n) is 4.52. The van der Waals surface area contributed by atoms with E-state index in [1.165, 1.54) is 0 Å². The first-order valence-electron chi connectivity index (χ1n) is 12.2. The molecule has 0 aliphatic heterocycles. The highest BCUT2D eigenvalue weighted by atomic mass is 16.4. The molecule has 0 bridgehead atoms. The Bertz CT molecular complexity index is 1050. The zero-order chi connectivity index (χ0) is 27.5. The maximum Gasteiger partial charge on any atom is 0.305 e. The monoisotopic (exact) mass is 496 g/mol. The zero-order valence-electron chi connectivity index (χ0n) is 22.5. The fraction of sp³-hybridized carbons (Fsp3) is 0.357. The smallest absolute Gasteiger partial charge is 0.305 e. The van der Waals surface area contributed by atoms with Gasteiger partial charge < -0.3 is 15.7 Å². The fourth-order valence-corrected chi connectivity index (χ4v) is 2.93. The Morgan fingerprint density at radius 3 is 2.17 bits per heavy atom. The van der Waals surface area contributed by atoms with E-state index in [9.17, 15) is 14.4 Å². The van der Waals surface area contributed by atoms with Crippen molar-refractivity contribution in [2.75, 3.05) is 13.6 Å². The molecule has 196 valence electrons. The molecule has 2 rings (SSSR count). The van der Waals surface area contributed by atoms with Gasteiger partial charge in [0.2, 0.25) is 0 Å². The van der Waals surface area contributed by atoms with Crippen molar-refractivity contribution in [3.05, 3.63) is 83.2 Å². The van der Waals surface area contributed by atoms with E-state index < -0.39 is 5.97 Å². The van der Waals surface area contributed by atoms with E-state index in [-0.39, 0.29) is 24.8 Å². The second-order valence-corrected chi connectivity index (χ2v) is 6.90. The van der Waals surface area contributed by atoms with Gasteiger partial charge in [-0.1, -0.05) is 70.2 Å². The lowest BCUT2D eigenvalue weighted by Gasteiger charge is -2.09. The summed E-state index contributed by atoms with van der Waals surface area (Å²) in [6.45, 7) is 12.3. The molecule has 0 saturated carbocycles. The van der Waals surface area contributed by atoms with Gasteiger partial charge in [-0.2, -0.15) is 5.10 Å². The number of carboxylic acids is 1.